The molecule has 7 nitrogen and oxygen atoms in total. The van der Waals surface area contributed by atoms with Gasteiger partial charge in [-0.2, -0.15) is 8.78 Å². The van der Waals surface area contributed by atoms with E-state index in [-0.39, 0.29) is 29.7 Å². The second-order valence-corrected chi connectivity index (χ2v) is 11.3. The van der Waals surface area contributed by atoms with Crippen LogP contribution in [0.3, 0.4) is 0 Å². The van der Waals surface area contributed by atoms with E-state index in [1.165, 1.54) is 26.1 Å². The highest BCUT2D eigenvalue weighted by Gasteiger charge is 2.54. The molecule has 0 radical (unpaired) electrons. The molecule has 2 aromatic carbocycles. The first-order valence-electron chi connectivity index (χ1n) is 11.4. The number of anilines is 1. The highest BCUT2D eigenvalue weighted by Crippen LogP contribution is 2.43. The van der Waals surface area contributed by atoms with E-state index in [2.05, 4.69) is 10.0 Å². The molecule has 0 spiro atoms. The van der Waals surface area contributed by atoms with Crippen LogP contribution in [-0.4, -0.2) is 49.5 Å². The van der Waals surface area contributed by atoms with Crippen LogP contribution < -0.4 is 10.0 Å². The monoisotopic (exact) mass is 527 g/mol. The molecule has 2 atom stereocenters. The van der Waals surface area contributed by atoms with Gasteiger partial charge in [0, 0.05) is 23.3 Å². The zero-order valence-corrected chi connectivity index (χ0v) is 20.3. The number of benzene rings is 2. The van der Waals surface area contributed by atoms with Crippen molar-refractivity contribution in [3.63, 3.8) is 0 Å². The summed E-state index contributed by atoms with van der Waals surface area (Å²) in [5.74, 6) is -8.61. The van der Waals surface area contributed by atoms with Crippen molar-refractivity contribution < 1.29 is 35.6 Å². The lowest BCUT2D eigenvalue weighted by atomic mass is 9.98. The summed E-state index contributed by atoms with van der Waals surface area (Å²) >= 11 is 0. The third kappa shape index (κ3) is 4.71. The number of piperidine rings is 1. The fraction of sp³-hybridized carbons (Fsp3) is 0.417. The molecule has 2 bridgehead atoms. The van der Waals surface area contributed by atoms with E-state index in [9.17, 15) is 26.8 Å². The first-order chi connectivity index (χ1) is 16.8. The van der Waals surface area contributed by atoms with Crippen molar-refractivity contribution in [2.75, 3.05) is 12.4 Å². The van der Waals surface area contributed by atoms with Gasteiger partial charge in [-0.05, 0) is 81.6 Å². The molecule has 2 N–H and O–H groups in total. The highest BCUT2D eigenvalue weighted by molar-refractivity contribution is 7.90. The Morgan fingerprint density at radius 1 is 1.00 bits per heavy atom. The van der Waals surface area contributed by atoms with Gasteiger partial charge in [-0.15, -0.1) is 0 Å². The minimum absolute atomic E-state index is 0.00348. The van der Waals surface area contributed by atoms with Crippen LogP contribution in [-0.2, 0) is 20.7 Å². The molecule has 2 aromatic rings. The summed E-state index contributed by atoms with van der Waals surface area (Å²) in [4.78, 5) is 26.6. The van der Waals surface area contributed by atoms with Crippen LogP contribution in [0.2, 0.25) is 0 Å². The minimum Gasteiger partial charge on any atom is -0.331 e. The van der Waals surface area contributed by atoms with E-state index in [1.54, 1.807) is 0 Å². The molecule has 0 aliphatic carbocycles. The van der Waals surface area contributed by atoms with Gasteiger partial charge in [0.2, 0.25) is 10.0 Å². The number of aryl methyl sites for hydroxylation is 1. The van der Waals surface area contributed by atoms with E-state index in [0.717, 1.165) is 17.0 Å². The fourth-order valence-corrected chi connectivity index (χ4v) is 6.27. The van der Waals surface area contributed by atoms with Gasteiger partial charge in [0.05, 0.1) is 10.8 Å². The second-order valence-electron chi connectivity index (χ2n) is 9.13. The van der Waals surface area contributed by atoms with E-state index < -0.39 is 62.3 Å². The van der Waals surface area contributed by atoms with Crippen molar-refractivity contribution in [2.45, 2.75) is 55.9 Å². The van der Waals surface area contributed by atoms with Crippen molar-refractivity contribution in [1.82, 2.24) is 9.62 Å². The zero-order chi connectivity index (χ0) is 26.4. The molecule has 2 unspecified atom stereocenters. The quantitative estimate of drug-likeness (QED) is 0.561. The summed E-state index contributed by atoms with van der Waals surface area (Å²) < 4.78 is 85.5. The average Bonchev–Trinajstić information content (AvgIpc) is 3.09. The summed E-state index contributed by atoms with van der Waals surface area (Å²) in [6.45, 7) is 1.48. The van der Waals surface area contributed by atoms with Crippen molar-refractivity contribution >= 4 is 27.5 Å². The second kappa shape index (κ2) is 9.47. The van der Waals surface area contributed by atoms with Crippen molar-refractivity contribution in [3.05, 3.63) is 64.7 Å². The summed E-state index contributed by atoms with van der Waals surface area (Å²) in [5, 5.41) is 1.63. The Kier molecular flexibility index (Phi) is 6.86. The third-order valence-corrected chi connectivity index (χ3v) is 8.73. The molecule has 2 saturated heterocycles. The average molecular weight is 528 g/mol. The zero-order valence-electron chi connectivity index (χ0n) is 19.5. The largest absolute Gasteiger partial charge is 0.352 e. The number of carbonyl (C=O) groups is 2. The Balaban J connectivity index is 1.57. The summed E-state index contributed by atoms with van der Waals surface area (Å²) in [5.41, 5.74) is -1.10. The lowest BCUT2D eigenvalue weighted by molar-refractivity contribution is -0.164. The number of fused-ring (bicyclic) bond motifs is 2. The fourth-order valence-electron chi connectivity index (χ4n) is 4.99. The predicted molar refractivity (Wildman–Crippen MR) is 124 cm³/mol. The topological polar surface area (TPSA) is 95.6 Å². The minimum atomic E-state index is -4.29. The Bertz CT molecular complexity index is 1300. The van der Waals surface area contributed by atoms with Gasteiger partial charge in [-0.25, -0.2) is 21.9 Å². The molecule has 36 heavy (non-hydrogen) atoms. The number of hydrogen-bond acceptors (Lipinski definition) is 4. The van der Waals surface area contributed by atoms with Crippen LogP contribution in [0.15, 0.2) is 36.4 Å². The van der Waals surface area contributed by atoms with Gasteiger partial charge in [0.15, 0.2) is 0 Å². The first-order valence-corrected chi connectivity index (χ1v) is 12.9. The van der Waals surface area contributed by atoms with Crippen molar-refractivity contribution in [2.24, 2.45) is 0 Å². The number of halogens is 4. The van der Waals surface area contributed by atoms with Crippen LogP contribution in [0.5, 0.6) is 0 Å². The first kappa shape index (κ1) is 26.1. The smallest absolute Gasteiger partial charge is 0.331 e. The molecule has 12 heteroatoms. The molecule has 2 aliphatic rings. The lowest BCUT2D eigenvalue weighted by Crippen LogP contribution is -2.54. The normalized spacial score (nSPS) is 21.9. The van der Waals surface area contributed by atoms with E-state index >= 15 is 8.78 Å². The number of nitrogens with zero attached hydrogens (tertiary/aromatic N) is 1. The predicted octanol–water partition coefficient (Wildman–Crippen LogP) is 3.69. The maximum atomic E-state index is 15.4. The summed E-state index contributed by atoms with van der Waals surface area (Å²) in [7, 11) is -2.37. The number of alkyl halides is 2. The maximum Gasteiger partial charge on any atom is 0.352 e. The van der Waals surface area contributed by atoms with Gasteiger partial charge in [-0.1, -0.05) is 0 Å². The Hall–Kier alpha value is -2.99. The molecule has 0 aromatic heterocycles. The molecular weight excluding hydrogens is 502 g/mol. The summed E-state index contributed by atoms with van der Waals surface area (Å²) in [6, 6.07) is 4.65. The van der Waals surface area contributed by atoms with E-state index in [4.69, 9.17) is 0 Å². The number of rotatable bonds is 6. The van der Waals surface area contributed by atoms with Crippen molar-refractivity contribution in [1.29, 1.82) is 0 Å². The van der Waals surface area contributed by atoms with Crippen molar-refractivity contribution in [3.8, 4) is 0 Å². The number of sulfonamides is 1. The molecule has 2 aliphatic heterocycles. The molecule has 4 rings (SSSR count). The van der Waals surface area contributed by atoms with Crippen LogP contribution >= 0.6 is 0 Å². The lowest BCUT2D eigenvalue weighted by Gasteiger charge is -2.40. The number of nitrogens with one attached hydrogen (secondary N) is 2. The standard InChI is InChI=1S/C24H25F4N3O4S/c1-13-9-15(4-8-20(13)25)30-22(32)14-3-7-21(26)19(10-14)24(27,28)23(33)31-16-5-6-17(31)12-18(11-16)36(34,35)29-2/h3-4,7-10,16-18,29H,5-6,11-12H2,1-2H3,(H,30,32). The molecule has 0 saturated carbocycles. The van der Waals surface area contributed by atoms with Gasteiger partial charge in [0.1, 0.15) is 11.6 Å². The Morgan fingerprint density at radius 2 is 1.61 bits per heavy atom. The van der Waals surface area contributed by atoms with Gasteiger partial charge in [0.25, 0.3) is 11.8 Å². The number of amides is 2. The Labute approximate surface area is 205 Å². The molecular formula is C24H25F4N3O4S. The summed E-state index contributed by atoms with van der Waals surface area (Å²) in [6.07, 6.45) is 0.738. The van der Waals surface area contributed by atoms with E-state index in [1.807, 2.05) is 0 Å². The van der Waals surface area contributed by atoms with Crippen LogP contribution in [0.4, 0.5) is 23.2 Å². The van der Waals surface area contributed by atoms with E-state index in [0.29, 0.717) is 25.0 Å². The van der Waals surface area contributed by atoms with Crippen LogP contribution in [0, 0.1) is 18.6 Å². The third-order valence-electron chi connectivity index (χ3n) is 6.90. The van der Waals surface area contributed by atoms with Gasteiger partial charge < -0.3 is 10.2 Å². The number of carbonyl (C=O) groups excluding carboxylic acids is 2. The SMILES string of the molecule is CNS(=O)(=O)C1CC2CCC(C1)N2C(=O)C(F)(F)c1cc(C(=O)Nc2ccc(F)c(C)c2)ccc1F. The molecule has 2 fully saturated rings. The number of hydrogen-bond donors (Lipinski definition) is 2. The molecule has 194 valence electrons. The maximum absolute atomic E-state index is 15.4. The highest BCUT2D eigenvalue weighted by atomic mass is 32.2. The molecule has 2 heterocycles. The van der Waals surface area contributed by atoms with Gasteiger partial charge >= 0.3 is 5.92 Å². The van der Waals surface area contributed by atoms with Gasteiger partial charge in [-0.3, -0.25) is 9.59 Å². The van der Waals surface area contributed by atoms with Crippen LogP contribution in [0.1, 0.15) is 47.2 Å². The molecule has 2 amide bonds. The Morgan fingerprint density at radius 3 is 2.19 bits per heavy atom. The van der Waals surface area contributed by atoms with Crippen LogP contribution in [0.25, 0.3) is 0 Å².